The van der Waals surface area contributed by atoms with Crippen molar-refractivity contribution < 1.29 is 14.6 Å². The van der Waals surface area contributed by atoms with Crippen molar-refractivity contribution in [3.05, 3.63) is 0 Å². The molecule has 0 aromatic rings. The number of aliphatic hydroxyl groups is 1. The van der Waals surface area contributed by atoms with E-state index in [2.05, 4.69) is 4.90 Å². The molecule has 0 atom stereocenters. The minimum atomic E-state index is -0.423. The summed E-state index contributed by atoms with van der Waals surface area (Å²) in [6, 6.07) is 0. The van der Waals surface area contributed by atoms with Gasteiger partial charge in [0.25, 0.3) is 0 Å². The molecular formula is C10H19NO3. The summed E-state index contributed by atoms with van der Waals surface area (Å²) in [5.41, 5.74) is -0.423. The number of likely N-dealkylation sites (tertiary alicyclic amines) is 1. The van der Waals surface area contributed by atoms with Crippen LogP contribution < -0.4 is 0 Å². The van der Waals surface area contributed by atoms with Crippen LogP contribution in [0.4, 0.5) is 0 Å². The number of hydrogen-bond acceptors (Lipinski definition) is 4. The predicted octanol–water partition coefficient (Wildman–Crippen LogP) is 0.206. The maximum absolute atomic E-state index is 9.94. The highest BCUT2D eigenvalue weighted by atomic mass is 16.7. The van der Waals surface area contributed by atoms with E-state index in [1.165, 1.54) is 0 Å². The Hall–Kier alpha value is -0.160. The Morgan fingerprint density at radius 2 is 1.79 bits per heavy atom. The number of ether oxygens (including phenoxy) is 2. The standard InChI is InChI=1S/C10H19NO3/c1-13-10(14-2)7-11(8-10)6-9(12)4-3-5-9/h12H,3-8H2,1-2H3. The topological polar surface area (TPSA) is 41.9 Å². The monoisotopic (exact) mass is 201 g/mol. The number of hydrogen-bond donors (Lipinski definition) is 1. The fourth-order valence-electron chi connectivity index (χ4n) is 2.25. The zero-order valence-corrected chi connectivity index (χ0v) is 8.95. The van der Waals surface area contributed by atoms with Crippen molar-refractivity contribution in [3.63, 3.8) is 0 Å². The lowest BCUT2D eigenvalue weighted by Gasteiger charge is -2.51. The van der Waals surface area contributed by atoms with Crippen LogP contribution in [0.25, 0.3) is 0 Å². The van der Waals surface area contributed by atoms with Gasteiger partial charge in [0.05, 0.1) is 18.7 Å². The number of β-amino-alcohol motifs (C(OH)–C–C–N with tert-alkyl or cyclic N) is 1. The molecule has 0 amide bonds. The number of nitrogens with zero attached hydrogens (tertiary/aromatic N) is 1. The Balaban J connectivity index is 1.77. The summed E-state index contributed by atoms with van der Waals surface area (Å²) in [4.78, 5) is 2.19. The maximum atomic E-state index is 9.94. The number of methoxy groups -OCH3 is 2. The van der Waals surface area contributed by atoms with Gasteiger partial charge in [0.15, 0.2) is 5.79 Å². The van der Waals surface area contributed by atoms with Crippen LogP contribution in [0.1, 0.15) is 19.3 Å². The molecule has 2 rings (SSSR count). The van der Waals surface area contributed by atoms with Crippen molar-refractivity contribution in [2.24, 2.45) is 0 Å². The van der Waals surface area contributed by atoms with E-state index >= 15 is 0 Å². The molecule has 0 aromatic heterocycles. The van der Waals surface area contributed by atoms with Crippen LogP contribution in [-0.2, 0) is 9.47 Å². The van der Waals surface area contributed by atoms with Crippen LogP contribution in [0.2, 0.25) is 0 Å². The van der Waals surface area contributed by atoms with Crippen molar-refractivity contribution in [2.45, 2.75) is 30.7 Å². The van der Waals surface area contributed by atoms with Gasteiger partial charge in [0.1, 0.15) is 0 Å². The molecule has 0 spiro atoms. The Morgan fingerprint density at radius 1 is 1.21 bits per heavy atom. The number of rotatable bonds is 4. The molecule has 2 aliphatic rings. The van der Waals surface area contributed by atoms with Crippen molar-refractivity contribution >= 4 is 0 Å². The lowest BCUT2D eigenvalue weighted by atomic mass is 9.79. The Kier molecular flexibility index (Phi) is 2.55. The van der Waals surface area contributed by atoms with Gasteiger partial charge in [0, 0.05) is 20.8 Å². The van der Waals surface area contributed by atoms with Gasteiger partial charge in [-0.1, -0.05) is 0 Å². The van der Waals surface area contributed by atoms with Crippen LogP contribution in [0, 0.1) is 0 Å². The smallest absolute Gasteiger partial charge is 0.193 e. The average Bonchev–Trinajstić information content (AvgIpc) is 2.08. The first-order valence-electron chi connectivity index (χ1n) is 5.16. The van der Waals surface area contributed by atoms with Gasteiger partial charge in [-0.05, 0) is 19.3 Å². The second kappa shape index (κ2) is 3.45. The van der Waals surface area contributed by atoms with Crippen LogP contribution in [0.15, 0.2) is 0 Å². The van der Waals surface area contributed by atoms with Crippen LogP contribution in [0.5, 0.6) is 0 Å². The molecule has 0 bridgehead atoms. The summed E-state index contributed by atoms with van der Waals surface area (Å²) in [5.74, 6) is -0.417. The molecule has 1 aliphatic carbocycles. The molecular weight excluding hydrogens is 182 g/mol. The van der Waals surface area contributed by atoms with E-state index in [0.717, 1.165) is 38.9 Å². The zero-order valence-electron chi connectivity index (χ0n) is 8.95. The summed E-state index contributed by atoms with van der Waals surface area (Å²) in [5, 5.41) is 9.94. The minimum Gasteiger partial charge on any atom is -0.389 e. The van der Waals surface area contributed by atoms with Gasteiger partial charge in [-0.25, -0.2) is 0 Å². The lowest BCUT2D eigenvalue weighted by molar-refractivity contribution is -0.282. The first-order valence-corrected chi connectivity index (χ1v) is 5.16. The van der Waals surface area contributed by atoms with Gasteiger partial charge in [-0.15, -0.1) is 0 Å². The predicted molar refractivity (Wildman–Crippen MR) is 52.0 cm³/mol. The van der Waals surface area contributed by atoms with Crippen molar-refractivity contribution in [3.8, 4) is 0 Å². The molecule has 4 nitrogen and oxygen atoms in total. The van der Waals surface area contributed by atoms with E-state index in [0.29, 0.717) is 0 Å². The van der Waals surface area contributed by atoms with E-state index in [9.17, 15) is 5.11 Å². The molecule has 1 saturated carbocycles. The molecule has 0 aromatic carbocycles. The molecule has 14 heavy (non-hydrogen) atoms. The van der Waals surface area contributed by atoms with E-state index in [1.54, 1.807) is 14.2 Å². The van der Waals surface area contributed by atoms with Crippen molar-refractivity contribution in [1.82, 2.24) is 4.90 Å². The fraction of sp³-hybridized carbons (Fsp3) is 1.00. The fourth-order valence-corrected chi connectivity index (χ4v) is 2.25. The highest BCUT2D eigenvalue weighted by Gasteiger charge is 2.47. The molecule has 82 valence electrons. The summed E-state index contributed by atoms with van der Waals surface area (Å²) in [6.07, 6.45) is 3.04. The second-order valence-corrected chi connectivity index (χ2v) is 4.54. The lowest BCUT2D eigenvalue weighted by Crippen LogP contribution is -2.67. The van der Waals surface area contributed by atoms with E-state index in [-0.39, 0.29) is 0 Å². The summed E-state index contributed by atoms with van der Waals surface area (Å²) in [7, 11) is 3.33. The SMILES string of the molecule is COC1(OC)CN(CC2(O)CCC2)C1. The highest BCUT2D eigenvalue weighted by Crippen LogP contribution is 2.35. The third-order valence-electron chi connectivity index (χ3n) is 3.48. The van der Waals surface area contributed by atoms with Crippen molar-refractivity contribution in [1.29, 1.82) is 0 Å². The third-order valence-corrected chi connectivity index (χ3v) is 3.48. The Bertz CT molecular complexity index is 203. The molecule has 1 aliphatic heterocycles. The largest absolute Gasteiger partial charge is 0.389 e. The van der Waals surface area contributed by atoms with Crippen LogP contribution in [0.3, 0.4) is 0 Å². The molecule has 2 fully saturated rings. The van der Waals surface area contributed by atoms with Gasteiger partial charge < -0.3 is 14.6 Å². The van der Waals surface area contributed by atoms with E-state index in [4.69, 9.17) is 9.47 Å². The van der Waals surface area contributed by atoms with Crippen LogP contribution in [-0.4, -0.2) is 55.2 Å². The average molecular weight is 201 g/mol. The molecule has 0 radical (unpaired) electrons. The van der Waals surface area contributed by atoms with Gasteiger partial charge in [-0.3, -0.25) is 4.90 Å². The second-order valence-electron chi connectivity index (χ2n) is 4.54. The molecule has 1 N–H and O–H groups in total. The first-order chi connectivity index (χ1) is 6.61. The third kappa shape index (κ3) is 1.67. The van der Waals surface area contributed by atoms with Gasteiger partial charge in [0.2, 0.25) is 0 Å². The maximum Gasteiger partial charge on any atom is 0.193 e. The Morgan fingerprint density at radius 3 is 2.14 bits per heavy atom. The van der Waals surface area contributed by atoms with Crippen LogP contribution >= 0.6 is 0 Å². The molecule has 0 unspecified atom stereocenters. The zero-order chi connectivity index (χ0) is 10.2. The Labute approximate surface area is 84.8 Å². The quantitative estimate of drug-likeness (QED) is 0.660. The molecule has 1 saturated heterocycles. The van der Waals surface area contributed by atoms with E-state index in [1.807, 2.05) is 0 Å². The molecule has 4 heteroatoms. The summed E-state index contributed by atoms with van der Waals surface area (Å²) in [6.45, 7) is 2.30. The highest BCUT2D eigenvalue weighted by molar-refractivity contribution is 4.97. The van der Waals surface area contributed by atoms with E-state index < -0.39 is 11.4 Å². The minimum absolute atomic E-state index is 0.417. The summed E-state index contributed by atoms with van der Waals surface area (Å²) < 4.78 is 10.5. The summed E-state index contributed by atoms with van der Waals surface area (Å²) >= 11 is 0. The molecule has 1 heterocycles. The normalized spacial score (nSPS) is 29.4. The van der Waals surface area contributed by atoms with Gasteiger partial charge in [-0.2, -0.15) is 0 Å². The first kappa shape index (κ1) is 10.4. The van der Waals surface area contributed by atoms with Gasteiger partial charge >= 0.3 is 0 Å². The van der Waals surface area contributed by atoms with Crippen molar-refractivity contribution in [2.75, 3.05) is 33.9 Å².